The van der Waals surface area contributed by atoms with Crippen molar-refractivity contribution >= 4 is 23.8 Å². The van der Waals surface area contributed by atoms with Crippen LogP contribution in [0, 0.1) is 0 Å². The standard InChI is InChI=1S/C19H17N3O3/c20-19(24)22-21-14(11-10-13-6-2-1-3-7-13)12-17-15-8-4-5-9-16(15)18(23)25-17/h1-11,17H,12H2,(H3,20,22,24)/b11-10+,21-14+/t17-/m0/s1. The van der Waals surface area contributed by atoms with E-state index in [2.05, 4.69) is 10.5 Å². The van der Waals surface area contributed by atoms with Crippen LogP contribution in [0.2, 0.25) is 0 Å². The van der Waals surface area contributed by atoms with Gasteiger partial charge < -0.3 is 10.5 Å². The maximum Gasteiger partial charge on any atom is 0.339 e. The number of allylic oxidation sites excluding steroid dienone is 1. The van der Waals surface area contributed by atoms with Crippen LogP contribution < -0.4 is 11.2 Å². The quantitative estimate of drug-likeness (QED) is 0.499. The third kappa shape index (κ3) is 4.11. The highest BCUT2D eigenvalue weighted by molar-refractivity contribution is 6.00. The number of carbonyl (C=O) groups is 2. The number of fused-ring (bicyclic) bond motifs is 1. The molecule has 3 N–H and O–H groups in total. The van der Waals surface area contributed by atoms with Crippen LogP contribution in [0.25, 0.3) is 6.08 Å². The molecule has 0 spiro atoms. The van der Waals surface area contributed by atoms with Crippen LogP contribution in [-0.4, -0.2) is 17.7 Å². The van der Waals surface area contributed by atoms with E-state index >= 15 is 0 Å². The molecule has 2 aromatic carbocycles. The van der Waals surface area contributed by atoms with Crippen molar-refractivity contribution in [1.29, 1.82) is 0 Å². The molecule has 0 aliphatic carbocycles. The van der Waals surface area contributed by atoms with Gasteiger partial charge in [-0.15, -0.1) is 0 Å². The first-order valence-electron chi connectivity index (χ1n) is 7.78. The largest absolute Gasteiger partial charge is 0.453 e. The highest BCUT2D eigenvalue weighted by Crippen LogP contribution is 2.33. The molecule has 0 fully saturated rings. The molecule has 126 valence electrons. The average molecular weight is 335 g/mol. The van der Waals surface area contributed by atoms with Gasteiger partial charge in [0.1, 0.15) is 6.10 Å². The number of nitrogens with zero attached hydrogens (tertiary/aromatic N) is 1. The summed E-state index contributed by atoms with van der Waals surface area (Å²) in [6, 6.07) is 16.1. The molecular weight excluding hydrogens is 318 g/mol. The minimum absolute atomic E-state index is 0.326. The number of cyclic esters (lactones) is 1. The van der Waals surface area contributed by atoms with Gasteiger partial charge in [-0.3, -0.25) is 0 Å². The maximum atomic E-state index is 11.9. The molecule has 25 heavy (non-hydrogen) atoms. The van der Waals surface area contributed by atoms with E-state index in [1.807, 2.05) is 48.5 Å². The number of hydrogen-bond acceptors (Lipinski definition) is 4. The lowest BCUT2D eigenvalue weighted by molar-refractivity contribution is 0.0400. The fourth-order valence-electron chi connectivity index (χ4n) is 2.60. The first-order chi connectivity index (χ1) is 12.1. The minimum atomic E-state index is -0.755. The lowest BCUT2D eigenvalue weighted by atomic mass is 10.0. The molecule has 0 radical (unpaired) electrons. The van der Waals surface area contributed by atoms with Crippen molar-refractivity contribution in [3.63, 3.8) is 0 Å². The number of amides is 2. The first-order valence-corrected chi connectivity index (χ1v) is 7.78. The number of benzene rings is 2. The highest BCUT2D eigenvalue weighted by Gasteiger charge is 2.31. The Bertz CT molecular complexity index is 844. The molecule has 3 rings (SSSR count). The Morgan fingerprint density at radius 2 is 1.88 bits per heavy atom. The Labute approximate surface area is 145 Å². The number of esters is 1. The zero-order valence-electron chi connectivity index (χ0n) is 13.4. The lowest BCUT2D eigenvalue weighted by Gasteiger charge is -2.10. The molecule has 1 heterocycles. The Morgan fingerprint density at radius 3 is 2.64 bits per heavy atom. The van der Waals surface area contributed by atoms with Crippen molar-refractivity contribution in [1.82, 2.24) is 5.43 Å². The predicted molar refractivity (Wildman–Crippen MR) is 94.8 cm³/mol. The van der Waals surface area contributed by atoms with Crippen LogP contribution in [0.4, 0.5) is 4.79 Å². The first kappa shape index (κ1) is 16.4. The van der Waals surface area contributed by atoms with Crippen molar-refractivity contribution in [3.8, 4) is 0 Å². The molecule has 2 aromatic rings. The monoisotopic (exact) mass is 335 g/mol. The van der Waals surface area contributed by atoms with E-state index in [0.29, 0.717) is 17.7 Å². The smallest absolute Gasteiger partial charge is 0.339 e. The van der Waals surface area contributed by atoms with Gasteiger partial charge in [-0.25, -0.2) is 15.0 Å². The van der Waals surface area contributed by atoms with Gasteiger partial charge >= 0.3 is 12.0 Å². The Balaban J connectivity index is 1.81. The van der Waals surface area contributed by atoms with Crippen molar-refractivity contribution in [2.24, 2.45) is 10.8 Å². The Kier molecular flexibility index (Phi) is 4.89. The molecule has 0 bridgehead atoms. The number of nitrogens with two attached hydrogens (primary N) is 1. The molecule has 0 aromatic heterocycles. The number of ether oxygens (including phenoxy) is 1. The van der Waals surface area contributed by atoms with Crippen molar-refractivity contribution in [2.75, 3.05) is 0 Å². The number of hydrazone groups is 1. The number of primary amides is 1. The van der Waals surface area contributed by atoms with Gasteiger partial charge in [0.15, 0.2) is 0 Å². The third-order valence-corrected chi connectivity index (χ3v) is 3.75. The maximum absolute atomic E-state index is 11.9. The fraction of sp³-hybridized carbons (Fsp3) is 0.105. The number of carbonyl (C=O) groups excluding carboxylic acids is 2. The summed E-state index contributed by atoms with van der Waals surface area (Å²) >= 11 is 0. The van der Waals surface area contributed by atoms with Gasteiger partial charge in [-0.1, -0.05) is 54.6 Å². The average Bonchev–Trinajstić information content (AvgIpc) is 2.94. The predicted octanol–water partition coefficient (Wildman–Crippen LogP) is 3.03. The van der Waals surface area contributed by atoms with Crippen LogP contribution in [-0.2, 0) is 4.74 Å². The zero-order valence-corrected chi connectivity index (χ0v) is 13.4. The normalized spacial score (nSPS) is 16.6. The molecule has 6 nitrogen and oxygen atoms in total. The SMILES string of the molecule is NC(=O)N/N=C(\C=C\c1ccccc1)C[C@@H]1OC(=O)c2ccccc21. The second-order valence-corrected chi connectivity index (χ2v) is 5.51. The molecule has 1 atom stereocenters. The number of urea groups is 1. The van der Waals surface area contributed by atoms with Crippen molar-refractivity contribution in [3.05, 3.63) is 77.4 Å². The lowest BCUT2D eigenvalue weighted by Crippen LogP contribution is -2.25. The van der Waals surface area contributed by atoms with E-state index in [1.165, 1.54) is 0 Å². The summed E-state index contributed by atoms with van der Waals surface area (Å²) in [5, 5.41) is 4.01. The second-order valence-electron chi connectivity index (χ2n) is 5.51. The summed E-state index contributed by atoms with van der Waals surface area (Å²) in [6.45, 7) is 0. The van der Waals surface area contributed by atoms with Crippen molar-refractivity contribution < 1.29 is 14.3 Å². The molecule has 1 aliphatic heterocycles. The number of nitrogens with one attached hydrogen (secondary N) is 1. The van der Waals surface area contributed by atoms with Crippen LogP contribution in [0.3, 0.4) is 0 Å². The molecule has 6 heteroatoms. The molecule has 1 aliphatic rings. The van der Waals surface area contributed by atoms with Gasteiger partial charge in [0.05, 0.1) is 11.3 Å². The van der Waals surface area contributed by atoms with Crippen molar-refractivity contribution in [2.45, 2.75) is 12.5 Å². The highest BCUT2D eigenvalue weighted by atomic mass is 16.5. The van der Waals surface area contributed by atoms with E-state index in [1.54, 1.807) is 18.2 Å². The Morgan fingerprint density at radius 1 is 1.16 bits per heavy atom. The number of rotatable bonds is 5. The van der Waals surface area contributed by atoms with E-state index in [4.69, 9.17) is 10.5 Å². The van der Waals surface area contributed by atoms with Gasteiger partial charge in [-0.2, -0.15) is 5.10 Å². The third-order valence-electron chi connectivity index (χ3n) is 3.75. The minimum Gasteiger partial charge on any atom is -0.453 e. The van der Waals surface area contributed by atoms with Crippen LogP contribution in [0.15, 0.2) is 65.8 Å². The van der Waals surface area contributed by atoms with E-state index < -0.39 is 12.1 Å². The molecule has 0 unspecified atom stereocenters. The van der Waals surface area contributed by atoms with E-state index in [0.717, 1.165) is 11.1 Å². The van der Waals surface area contributed by atoms with Crippen LogP contribution in [0.5, 0.6) is 0 Å². The summed E-state index contributed by atoms with van der Waals surface area (Å²) in [5.41, 5.74) is 10.2. The van der Waals surface area contributed by atoms with E-state index in [-0.39, 0.29) is 5.97 Å². The van der Waals surface area contributed by atoms with Gasteiger partial charge in [0.2, 0.25) is 0 Å². The van der Waals surface area contributed by atoms with Crippen LogP contribution >= 0.6 is 0 Å². The fourth-order valence-corrected chi connectivity index (χ4v) is 2.60. The number of hydrogen-bond donors (Lipinski definition) is 2. The molecule has 2 amide bonds. The summed E-state index contributed by atoms with van der Waals surface area (Å²) in [7, 11) is 0. The van der Waals surface area contributed by atoms with Crippen LogP contribution in [0.1, 0.15) is 34.0 Å². The Hall–Kier alpha value is -3.41. The summed E-state index contributed by atoms with van der Waals surface area (Å²) in [5.74, 6) is -0.352. The summed E-state index contributed by atoms with van der Waals surface area (Å²) in [6.07, 6.45) is 3.51. The molecular formula is C19H17N3O3. The molecule has 0 saturated carbocycles. The second kappa shape index (κ2) is 7.44. The topological polar surface area (TPSA) is 93.8 Å². The van der Waals surface area contributed by atoms with Gasteiger partial charge in [-0.05, 0) is 17.7 Å². The molecule has 0 saturated heterocycles. The zero-order chi connectivity index (χ0) is 17.6. The van der Waals surface area contributed by atoms with Gasteiger partial charge in [0.25, 0.3) is 0 Å². The van der Waals surface area contributed by atoms with Gasteiger partial charge in [0, 0.05) is 12.0 Å². The van der Waals surface area contributed by atoms with E-state index in [9.17, 15) is 9.59 Å². The summed E-state index contributed by atoms with van der Waals surface area (Å²) in [4.78, 5) is 22.9. The summed E-state index contributed by atoms with van der Waals surface area (Å²) < 4.78 is 5.42.